The Labute approximate surface area is 146 Å². The van der Waals surface area contributed by atoms with Crippen LogP contribution in [0.2, 0.25) is 0 Å². The Morgan fingerprint density at radius 1 is 1.08 bits per heavy atom. The van der Waals surface area contributed by atoms with Gasteiger partial charge in [-0.3, -0.25) is 0 Å². The molecule has 6 heteroatoms. The summed E-state index contributed by atoms with van der Waals surface area (Å²) >= 11 is 1.74. The molecule has 0 unspecified atom stereocenters. The average molecular weight is 339 g/mol. The molecule has 3 aromatic heterocycles. The first-order valence-electron chi connectivity index (χ1n) is 8.24. The quantitative estimate of drug-likeness (QED) is 0.791. The van der Waals surface area contributed by atoms with Gasteiger partial charge < -0.3 is 15.1 Å². The molecule has 0 spiro atoms. The Bertz CT molecular complexity index is 806. The number of thiophene rings is 1. The molecule has 0 aromatic carbocycles. The molecule has 124 valence electrons. The maximum absolute atomic E-state index is 4.64. The van der Waals surface area contributed by atoms with E-state index in [1.165, 1.54) is 15.6 Å². The van der Waals surface area contributed by atoms with Crippen molar-refractivity contribution in [3.63, 3.8) is 0 Å². The van der Waals surface area contributed by atoms with E-state index in [4.69, 9.17) is 0 Å². The summed E-state index contributed by atoms with van der Waals surface area (Å²) in [6.07, 6.45) is 3.82. The van der Waals surface area contributed by atoms with Crippen LogP contribution in [0.4, 0.5) is 11.6 Å². The Hall–Kier alpha value is -2.18. The highest BCUT2D eigenvalue weighted by Crippen LogP contribution is 2.26. The minimum atomic E-state index is 0.734. The summed E-state index contributed by atoms with van der Waals surface area (Å²) in [6.45, 7) is 5.02. The highest BCUT2D eigenvalue weighted by molar-refractivity contribution is 7.17. The Balaban J connectivity index is 1.41. The van der Waals surface area contributed by atoms with Crippen LogP contribution in [-0.4, -0.2) is 48.1 Å². The Morgan fingerprint density at radius 2 is 1.96 bits per heavy atom. The van der Waals surface area contributed by atoms with Gasteiger partial charge >= 0.3 is 0 Å². The van der Waals surface area contributed by atoms with Crippen molar-refractivity contribution >= 4 is 33.1 Å². The summed E-state index contributed by atoms with van der Waals surface area (Å²) in [5.41, 5.74) is 1.17. The van der Waals surface area contributed by atoms with Gasteiger partial charge in [0.1, 0.15) is 11.6 Å². The van der Waals surface area contributed by atoms with Crippen LogP contribution in [0, 0.1) is 0 Å². The lowest BCUT2D eigenvalue weighted by Gasteiger charge is -2.33. The van der Waals surface area contributed by atoms with E-state index in [0.717, 1.165) is 44.4 Å². The summed E-state index contributed by atoms with van der Waals surface area (Å²) in [5.74, 6) is 2.02. The second kappa shape index (κ2) is 6.75. The molecule has 1 fully saturated rings. The predicted molar refractivity (Wildman–Crippen MR) is 101 cm³/mol. The first kappa shape index (κ1) is 15.4. The highest BCUT2D eigenvalue weighted by Gasteiger charge is 2.14. The van der Waals surface area contributed by atoms with Crippen molar-refractivity contribution in [3.05, 3.63) is 47.6 Å². The van der Waals surface area contributed by atoms with Crippen molar-refractivity contribution in [2.75, 3.05) is 43.4 Å². The minimum absolute atomic E-state index is 0.734. The summed E-state index contributed by atoms with van der Waals surface area (Å²) in [4.78, 5) is 13.8. The van der Waals surface area contributed by atoms with E-state index >= 15 is 0 Å². The van der Waals surface area contributed by atoms with E-state index < -0.39 is 0 Å². The number of rotatable bonds is 4. The number of hydrogen-bond acceptors (Lipinski definition) is 6. The molecule has 0 aliphatic carbocycles. The third-order valence-corrected chi connectivity index (χ3v) is 5.36. The van der Waals surface area contributed by atoms with Crippen LogP contribution in [0.25, 0.3) is 10.1 Å². The van der Waals surface area contributed by atoms with Gasteiger partial charge in [-0.25, -0.2) is 9.97 Å². The van der Waals surface area contributed by atoms with E-state index in [0.29, 0.717) is 0 Å². The molecule has 4 rings (SSSR count). The standard InChI is InChI=1S/C18H21N5S/c1-22-7-9-23(10-8-22)17-3-2-14(12-20-17)13-21-18-15-5-11-24-16(15)4-6-19-18/h2-6,11-12H,7-10,13H2,1H3,(H,19,21). The van der Waals surface area contributed by atoms with Gasteiger partial charge in [0.05, 0.1) is 0 Å². The largest absolute Gasteiger partial charge is 0.365 e. The highest BCUT2D eigenvalue weighted by atomic mass is 32.1. The van der Waals surface area contributed by atoms with E-state index in [-0.39, 0.29) is 0 Å². The molecule has 4 heterocycles. The lowest BCUT2D eigenvalue weighted by atomic mass is 10.2. The number of nitrogens with one attached hydrogen (secondary N) is 1. The summed E-state index contributed by atoms with van der Waals surface area (Å²) in [7, 11) is 2.17. The number of piperazine rings is 1. The molecule has 0 saturated carbocycles. The number of hydrogen-bond donors (Lipinski definition) is 1. The molecule has 1 aliphatic heterocycles. The summed E-state index contributed by atoms with van der Waals surface area (Å²) < 4.78 is 1.26. The van der Waals surface area contributed by atoms with Gasteiger partial charge in [0.25, 0.3) is 0 Å². The first-order chi connectivity index (χ1) is 11.8. The van der Waals surface area contributed by atoms with Crippen LogP contribution >= 0.6 is 11.3 Å². The first-order valence-corrected chi connectivity index (χ1v) is 9.12. The number of anilines is 2. The van der Waals surface area contributed by atoms with Crippen LogP contribution in [0.1, 0.15) is 5.56 Å². The van der Waals surface area contributed by atoms with E-state index in [1.54, 1.807) is 11.3 Å². The van der Waals surface area contributed by atoms with Gasteiger partial charge in [-0.2, -0.15) is 0 Å². The molecule has 0 amide bonds. The van der Waals surface area contributed by atoms with E-state index in [2.05, 4.69) is 61.8 Å². The summed E-state index contributed by atoms with van der Waals surface area (Å²) in [5, 5.41) is 6.72. The lowest BCUT2D eigenvalue weighted by Crippen LogP contribution is -2.44. The minimum Gasteiger partial charge on any atom is -0.365 e. The molecule has 1 aliphatic rings. The van der Waals surface area contributed by atoms with Gasteiger partial charge in [-0.1, -0.05) is 6.07 Å². The van der Waals surface area contributed by atoms with Crippen LogP contribution < -0.4 is 10.2 Å². The van der Waals surface area contributed by atoms with Crippen molar-refractivity contribution in [1.82, 2.24) is 14.9 Å². The molecule has 0 radical (unpaired) electrons. The molecule has 3 aromatic rings. The normalized spacial score (nSPS) is 15.8. The van der Waals surface area contributed by atoms with Gasteiger partial charge in [0.2, 0.25) is 0 Å². The molecule has 0 atom stereocenters. The number of pyridine rings is 2. The molecule has 24 heavy (non-hydrogen) atoms. The molecule has 1 saturated heterocycles. The second-order valence-corrected chi connectivity index (χ2v) is 7.11. The monoisotopic (exact) mass is 339 g/mol. The van der Waals surface area contributed by atoms with Gasteiger partial charge in [-0.15, -0.1) is 11.3 Å². The molecule has 5 nitrogen and oxygen atoms in total. The average Bonchev–Trinajstić information content (AvgIpc) is 3.10. The SMILES string of the molecule is CN1CCN(c2ccc(CNc3nccc4sccc34)cn2)CC1. The third-order valence-electron chi connectivity index (χ3n) is 4.48. The van der Waals surface area contributed by atoms with E-state index in [9.17, 15) is 0 Å². The fourth-order valence-corrected chi connectivity index (χ4v) is 3.75. The van der Waals surface area contributed by atoms with E-state index in [1.807, 2.05) is 12.4 Å². The van der Waals surface area contributed by atoms with Crippen molar-refractivity contribution in [1.29, 1.82) is 0 Å². The molecular weight excluding hydrogens is 318 g/mol. The molecule has 1 N–H and O–H groups in total. The Kier molecular flexibility index (Phi) is 4.32. The zero-order chi connectivity index (χ0) is 16.4. The van der Waals surface area contributed by atoms with Crippen LogP contribution in [0.15, 0.2) is 42.0 Å². The Morgan fingerprint density at radius 3 is 2.75 bits per heavy atom. The maximum Gasteiger partial charge on any atom is 0.134 e. The van der Waals surface area contributed by atoms with Crippen LogP contribution in [0.5, 0.6) is 0 Å². The van der Waals surface area contributed by atoms with Crippen LogP contribution in [-0.2, 0) is 6.54 Å². The fraction of sp³-hybridized carbons (Fsp3) is 0.333. The lowest BCUT2D eigenvalue weighted by molar-refractivity contribution is 0.312. The zero-order valence-electron chi connectivity index (χ0n) is 13.8. The predicted octanol–water partition coefficient (Wildman–Crippen LogP) is 3.06. The molecule has 0 bridgehead atoms. The van der Waals surface area contributed by atoms with Gasteiger partial charge in [0.15, 0.2) is 0 Å². The van der Waals surface area contributed by atoms with Crippen molar-refractivity contribution in [3.8, 4) is 0 Å². The zero-order valence-corrected chi connectivity index (χ0v) is 14.6. The van der Waals surface area contributed by atoms with Crippen molar-refractivity contribution < 1.29 is 0 Å². The van der Waals surface area contributed by atoms with Crippen molar-refractivity contribution in [2.24, 2.45) is 0 Å². The summed E-state index contributed by atoms with van der Waals surface area (Å²) in [6, 6.07) is 8.45. The van der Waals surface area contributed by atoms with Crippen LogP contribution in [0.3, 0.4) is 0 Å². The third kappa shape index (κ3) is 3.20. The van der Waals surface area contributed by atoms with Gasteiger partial charge in [0, 0.05) is 55.2 Å². The second-order valence-electron chi connectivity index (χ2n) is 6.16. The maximum atomic E-state index is 4.64. The molecular formula is C18H21N5S. The van der Waals surface area contributed by atoms with Gasteiger partial charge in [-0.05, 0) is 36.2 Å². The smallest absolute Gasteiger partial charge is 0.134 e. The number of aromatic nitrogens is 2. The van der Waals surface area contributed by atoms with Crippen molar-refractivity contribution in [2.45, 2.75) is 6.54 Å². The fourth-order valence-electron chi connectivity index (χ4n) is 2.97. The topological polar surface area (TPSA) is 44.3 Å². The number of likely N-dealkylation sites (N-methyl/N-ethyl adjacent to an activating group) is 1. The number of fused-ring (bicyclic) bond motifs is 1. The number of nitrogens with zero attached hydrogens (tertiary/aromatic N) is 4.